The third kappa shape index (κ3) is 4.28. The molecule has 4 aliphatic carbocycles. The Balaban J connectivity index is 1.42. The van der Waals surface area contributed by atoms with Crippen LogP contribution in [0.5, 0.6) is 0 Å². The van der Waals surface area contributed by atoms with E-state index in [1.165, 1.54) is 56.9 Å². The summed E-state index contributed by atoms with van der Waals surface area (Å²) in [7, 11) is 0. The first-order valence-corrected chi connectivity index (χ1v) is 13.3. The van der Waals surface area contributed by atoms with Crippen LogP contribution in [0.1, 0.15) is 105 Å². The number of carbonyl (C=O) groups is 2. The molecule has 0 saturated heterocycles. The van der Waals surface area contributed by atoms with Gasteiger partial charge in [0.2, 0.25) is 0 Å². The fourth-order valence-electron chi connectivity index (χ4n) is 8.46. The lowest BCUT2D eigenvalue weighted by molar-refractivity contribution is -0.168. The Morgan fingerprint density at radius 2 is 1.88 bits per heavy atom. The van der Waals surface area contributed by atoms with Crippen molar-refractivity contribution in [1.29, 1.82) is 0 Å². The van der Waals surface area contributed by atoms with Gasteiger partial charge in [0.25, 0.3) is 0 Å². The van der Waals surface area contributed by atoms with Crippen LogP contribution >= 0.6 is 0 Å². The van der Waals surface area contributed by atoms with Gasteiger partial charge in [-0.15, -0.1) is 0 Å². The van der Waals surface area contributed by atoms with Crippen LogP contribution in [0, 0.1) is 40.4 Å². The Labute approximate surface area is 194 Å². The number of fused-ring (bicyclic) bond motifs is 5. The highest BCUT2D eigenvalue weighted by Crippen LogP contribution is 2.66. The van der Waals surface area contributed by atoms with Crippen molar-refractivity contribution in [2.75, 3.05) is 0 Å². The monoisotopic (exact) mass is 444 g/mol. The number of hydrogen-bond donors (Lipinski definition) is 1. The summed E-state index contributed by atoms with van der Waals surface area (Å²) < 4.78 is 5.26. The molecule has 0 aromatic heterocycles. The number of rotatable bonds is 6. The predicted molar refractivity (Wildman–Crippen MR) is 126 cm³/mol. The Bertz CT molecular complexity index is 755. The molecule has 0 aromatic rings. The van der Waals surface area contributed by atoms with Gasteiger partial charge >= 0.3 is 11.9 Å². The molecule has 0 heterocycles. The second-order valence-corrected chi connectivity index (χ2v) is 12.3. The lowest BCUT2D eigenvalue weighted by atomic mass is 9.47. The van der Waals surface area contributed by atoms with Crippen molar-refractivity contribution in [2.45, 2.75) is 111 Å². The second-order valence-electron chi connectivity index (χ2n) is 12.3. The summed E-state index contributed by atoms with van der Waals surface area (Å²) in [5.74, 6) is 1.52. The SMILES string of the molecule is CC(C)CCCCC1CCC2C3CC=C4CC(OC(=O)C(=O)O)CC[C@@]4(C)C3CCC12C. The molecule has 4 heteroatoms. The van der Waals surface area contributed by atoms with Crippen LogP contribution in [-0.4, -0.2) is 23.1 Å². The highest BCUT2D eigenvalue weighted by molar-refractivity contribution is 6.28. The van der Waals surface area contributed by atoms with Crippen LogP contribution in [0.2, 0.25) is 0 Å². The quantitative estimate of drug-likeness (QED) is 0.212. The van der Waals surface area contributed by atoms with E-state index in [0.717, 1.165) is 55.3 Å². The van der Waals surface area contributed by atoms with Crippen LogP contribution in [0.15, 0.2) is 11.6 Å². The van der Waals surface area contributed by atoms with E-state index >= 15 is 0 Å². The molecule has 4 rings (SSSR count). The molecule has 0 spiro atoms. The minimum absolute atomic E-state index is 0.200. The normalized spacial score (nSPS) is 40.8. The number of carboxylic acids is 1. The van der Waals surface area contributed by atoms with Crippen molar-refractivity contribution in [3.05, 3.63) is 11.6 Å². The van der Waals surface area contributed by atoms with Gasteiger partial charge in [0.05, 0.1) is 0 Å². The predicted octanol–water partition coefficient (Wildman–Crippen LogP) is 6.78. The van der Waals surface area contributed by atoms with Crippen molar-refractivity contribution in [3.8, 4) is 0 Å². The van der Waals surface area contributed by atoms with Gasteiger partial charge in [-0.25, -0.2) is 9.59 Å². The highest BCUT2D eigenvalue weighted by Gasteiger charge is 2.58. The molecule has 180 valence electrons. The number of allylic oxidation sites excluding steroid dienone is 1. The Morgan fingerprint density at radius 3 is 2.59 bits per heavy atom. The fourth-order valence-corrected chi connectivity index (χ4v) is 8.46. The third-order valence-corrected chi connectivity index (χ3v) is 10.3. The van der Waals surface area contributed by atoms with Crippen LogP contribution in [0.4, 0.5) is 0 Å². The van der Waals surface area contributed by atoms with Gasteiger partial charge in [-0.3, -0.25) is 0 Å². The van der Waals surface area contributed by atoms with Crippen molar-refractivity contribution in [1.82, 2.24) is 0 Å². The molecule has 0 aliphatic heterocycles. The van der Waals surface area contributed by atoms with E-state index in [0.29, 0.717) is 5.41 Å². The number of unbranched alkanes of at least 4 members (excludes halogenated alkanes) is 1. The number of ether oxygens (including phenoxy) is 1. The zero-order chi connectivity index (χ0) is 23.1. The summed E-state index contributed by atoms with van der Waals surface area (Å²) >= 11 is 0. The second kappa shape index (κ2) is 9.14. The first kappa shape index (κ1) is 23.8. The third-order valence-electron chi connectivity index (χ3n) is 10.3. The molecule has 0 bridgehead atoms. The van der Waals surface area contributed by atoms with Crippen molar-refractivity contribution >= 4 is 11.9 Å². The maximum absolute atomic E-state index is 11.6. The Hall–Kier alpha value is -1.32. The molecule has 0 amide bonds. The zero-order valence-corrected chi connectivity index (χ0v) is 20.7. The maximum Gasteiger partial charge on any atom is 0.417 e. The minimum Gasteiger partial charge on any atom is -0.473 e. The fraction of sp³-hybridized carbons (Fsp3) is 0.857. The first-order chi connectivity index (χ1) is 15.1. The molecule has 32 heavy (non-hydrogen) atoms. The molecule has 4 nitrogen and oxygen atoms in total. The first-order valence-electron chi connectivity index (χ1n) is 13.3. The van der Waals surface area contributed by atoms with Crippen molar-refractivity contribution in [2.24, 2.45) is 40.4 Å². The largest absolute Gasteiger partial charge is 0.473 e. The van der Waals surface area contributed by atoms with Crippen LogP contribution < -0.4 is 0 Å². The van der Waals surface area contributed by atoms with E-state index in [1.807, 2.05) is 0 Å². The molecular weight excluding hydrogens is 400 g/mol. The topological polar surface area (TPSA) is 63.6 Å². The van der Waals surface area contributed by atoms with Crippen LogP contribution in [-0.2, 0) is 14.3 Å². The smallest absolute Gasteiger partial charge is 0.417 e. The summed E-state index contributed by atoms with van der Waals surface area (Å²) in [5, 5.41) is 8.89. The summed E-state index contributed by atoms with van der Waals surface area (Å²) in [4.78, 5) is 22.4. The Kier molecular flexibility index (Phi) is 6.81. The van der Waals surface area contributed by atoms with Crippen molar-refractivity contribution in [3.63, 3.8) is 0 Å². The molecule has 6 unspecified atom stereocenters. The molecule has 7 atom stereocenters. The van der Waals surface area contributed by atoms with Crippen molar-refractivity contribution < 1.29 is 19.4 Å². The summed E-state index contributed by atoms with van der Waals surface area (Å²) in [5.41, 5.74) is 2.15. The van der Waals surface area contributed by atoms with Gasteiger partial charge in [0.15, 0.2) is 0 Å². The van der Waals surface area contributed by atoms with E-state index in [1.54, 1.807) is 0 Å². The maximum atomic E-state index is 11.6. The van der Waals surface area contributed by atoms with E-state index in [9.17, 15) is 9.59 Å². The Morgan fingerprint density at radius 1 is 1.09 bits per heavy atom. The summed E-state index contributed by atoms with van der Waals surface area (Å²) in [6.07, 6.45) is 17.0. The van der Waals surface area contributed by atoms with Gasteiger partial charge in [-0.1, -0.05) is 58.6 Å². The van der Waals surface area contributed by atoms with Gasteiger partial charge < -0.3 is 9.84 Å². The van der Waals surface area contributed by atoms with E-state index in [4.69, 9.17) is 9.84 Å². The van der Waals surface area contributed by atoms with E-state index < -0.39 is 11.9 Å². The van der Waals surface area contributed by atoms with Crippen LogP contribution in [0.25, 0.3) is 0 Å². The number of carboxylic acid groups (broad SMARTS) is 1. The van der Waals surface area contributed by atoms with E-state index in [2.05, 4.69) is 33.8 Å². The zero-order valence-electron chi connectivity index (χ0n) is 20.7. The minimum atomic E-state index is -1.48. The lowest BCUT2D eigenvalue weighted by Gasteiger charge is -2.58. The molecule has 4 aliphatic rings. The standard InChI is InChI=1S/C28H44O4/c1-18(2)7-5-6-8-19-10-12-23-22-11-9-20-17-21(32-26(31)25(29)30)13-15-28(20,4)24(22)14-16-27(19,23)3/h9,18-19,21-24H,5-8,10-17H2,1-4H3,(H,29,30)/t19?,21?,22?,23?,24?,27?,28-/m1/s1. The summed E-state index contributed by atoms with van der Waals surface area (Å²) in [6.45, 7) is 9.75. The molecule has 3 saturated carbocycles. The van der Waals surface area contributed by atoms with Gasteiger partial charge in [-0.2, -0.15) is 0 Å². The van der Waals surface area contributed by atoms with Crippen LogP contribution in [0.3, 0.4) is 0 Å². The molecule has 3 fully saturated rings. The average molecular weight is 445 g/mol. The number of esters is 1. The van der Waals surface area contributed by atoms with E-state index in [-0.39, 0.29) is 11.5 Å². The number of hydrogen-bond acceptors (Lipinski definition) is 3. The van der Waals surface area contributed by atoms with Gasteiger partial charge in [0.1, 0.15) is 6.10 Å². The molecule has 1 N–H and O–H groups in total. The number of aliphatic carboxylic acids is 1. The molecular formula is C28H44O4. The number of carbonyl (C=O) groups excluding carboxylic acids is 1. The summed E-state index contributed by atoms with van der Waals surface area (Å²) in [6, 6.07) is 0. The highest BCUT2D eigenvalue weighted by atomic mass is 16.6. The van der Waals surface area contributed by atoms with Gasteiger partial charge in [0, 0.05) is 6.42 Å². The molecule has 0 aromatic carbocycles. The molecule has 0 radical (unpaired) electrons. The van der Waals surface area contributed by atoms with Gasteiger partial charge in [-0.05, 0) is 91.8 Å². The lowest BCUT2D eigenvalue weighted by Crippen LogP contribution is -2.50. The average Bonchev–Trinajstić information content (AvgIpc) is 3.07.